The number of amides is 4. The zero-order valence-corrected chi connectivity index (χ0v) is 37.2. The molecule has 4 aliphatic rings. The first-order chi connectivity index (χ1) is 31.3. The molecule has 0 radical (unpaired) electrons. The number of anilines is 2. The number of esters is 2. The van der Waals surface area contributed by atoms with Gasteiger partial charge in [-0.2, -0.15) is 0 Å². The van der Waals surface area contributed by atoms with Crippen LogP contribution in [-0.2, 0) is 36.8 Å². The molecule has 0 aromatic heterocycles. The van der Waals surface area contributed by atoms with Crippen LogP contribution in [0.2, 0.25) is 0 Å². The third-order valence-electron chi connectivity index (χ3n) is 10.9. The maximum atomic E-state index is 14.7. The van der Waals surface area contributed by atoms with E-state index in [-0.39, 0.29) is 65.6 Å². The lowest BCUT2D eigenvalue weighted by Gasteiger charge is -2.43. The Hall–Kier alpha value is -6.12. The summed E-state index contributed by atoms with van der Waals surface area (Å²) in [6.45, 7) is 6.73. The van der Waals surface area contributed by atoms with Crippen molar-refractivity contribution < 1.29 is 60.5 Å². The second-order valence-electron chi connectivity index (χ2n) is 15.3. The first kappa shape index (κ1) is 50.9. The average molecular weight is 943 g/mol. The second-order valence-corrected chi connectivity index (χ2v) is 15.3. The molecule has 0 aliphatic carbocycles. The zero-order chi connectivity index (χ0) is 46.5. The molecule has 0 spiro atoms. The van der Waals surface area contributed by atoms with Crippen molar-refractivity contribution in [2.45, 2.75) is 19.1 Å². The van der Waals surface area contributed by atoms with Gasteiger partial charge in [0.15, 0.2) is 5.78 Å². The van der Waals surface area contributed by atoms with Crippen molar-refractivity contribution in [1.82, 2.24) is 20.0 Å². The van der Waals surface area contributed by atoms with E-state index in [4.69, 9.17) is 4.74 Å². The Labute approximate surface area is 385 Å². The molecule has 4 saturated heterocycles. The van der Waals surface area contributed by atoms with Crippen molar-refractivity contribution in [2.24, 2.45) is 0 Å². The minimum Gasteiger partial charge on any atom is -0.465 e. The molecule has 4 amide bonds. The van der Waals surface area contributed by atoms with Gasteiger partial charge in [-0.25, -0.2) is 36.7 Å². The Bertz CT molecular complexity index is 2320. The van der Waals surface area contributed by atoms with E-state index in [0.29, 0.717) is 83.1 Å². The maximum Gasteiger partial charge on any atom is 0.337 e. The molecule has 0 unspecified atom stereocenters. The number of halogens is 5. The summed E-state index contributed by atoms with van der Waals surface area (Å²) >= 11 is 0. The number of nitrogens with zero attached hydrogens (tertiary/aromatic N) is 5. The second kappa shape index (κ2) is 24.4. The highest BCUT2D eigenvalue weighted by molar-refractivity contribution is 5.93. The van der Waals surface area contributed by atoms with Gasteiger partial charge in [-0.15, -0.1) is 12.4 Å². The highest BCUT2D eigenvalue weighted by atomic mass is 35.5. The third-order valence-corrected chi connectivity index (χ3v) is 10.9. The van der Waals surface area contributed by atoms with E-state index >= 15 is 0 Å². The van der Waals surface area contributed by atoms with Gasteiger partial charge < -0.3 is 34.1 Å². The van der Waals surface area contributed by atoms with E-state index in [0.717, 1.165) is 25.2 Å². The summed E-state index contributed by atoms with van der Waals surface area (Å²) in [5, 5.41) is 3.16. The highest BCUT2D eigenvalue weighted by Gasteiger charge is 2.33. The van der Waals surface area contributed by atoms with Crippen LogP contribution in [0.1, 0.15) is 31.8 Å². The largest absolute Gasteiger partial charge is 0.465 e. The summed E-state index contributed by atoms with van der Waals surface area (Å²) in [7, 11) is 2.43. The molecule has 20 heteroatoms. The normalized spacial score (nSPS) is 15.8. The van der Waals surface area contributed by atoms with Crippen molar-refractivity contribution >= 4 is 53.6 Å². The zero-order valence-electron chi connectivity index (χ0n) is 36.4. The lowest BCUT2D eigenvalue weighted by Crippen LogP contribution is -2.59. The number of ether oxygens (including phenoxy) is 4. The number of hydrogen-bond acceptors (Lipinski definition) is 11. The lowest BCUT2D eigenvalue weighted by atomic mass is 10.1. The van der Waals surface area contributed by atoms with Crippen LogP contribution >= 0.6 is 12.4 Å². The summed E-state index contributed by atoms with van der Waals surface area (Å²) in [6, 6.07) is 18.9. The van der Waals surface area contributed by atoms with Gasteiger partial charge in [0.05, 0.1) is 57.7 Å². The molecule has 4 fully saturated rings. The van der Waals surface area contributed by atoms with Crippen molar-refractivity contribution in [2.75, 3.05) is 103 Å². The van der Waals surface area contributed by atoms with Crippen LogP contribution in [0.5, 0.6) is 0 Å². The SMILES string of the molecule is COC(=O)c1ccc(CN(C(=O)N2CCN(C3COC3)CC2)c2cccc(F)c2)c(F)c1.COC(=O)c1ccc(CN(C(=O)N2CCNCC2)c2cccc(F)c2)c(F)c1.Cl.O=C1COC1. The molecule has 4 aromatic carbocycles. The van der Waals surface area contributed by atoms with Crippen LogP contribution in [0, 0.1) is 23.3 Å². The van der Waals surface area contributed by atoms with Crippen LogP contribution in [0.15, 0.2) is 84.9 Å². The first-order valence-electron chi connectivity index (χ1n) is 20.8. The number of urea groups is 2. The number of Topliss-reactive ketones (excluding diaryl/α,β-unsaturated/α-hetero) is 1. The molecule has 1 N–H and O–H groups in total. The number of nitrogens with one attached hydrogen (secondary N) is 1. The Morgan fingerprint density at radius 3 is 1.42 bits per heavy atom. The summed E-state index contributed by atoms with van der Waals surface area (Å²) in [4.78, 5) is 67.8. The molecule has 0 saturated carbocycles. The maximum absolute atomic E-state index is 14.7. The van der Waals surface area contributed by atoms with Crippen molar-refractivity contribution in [3.63, 3.8) is 0 Å². The van der Waals surface area contributed by atoms with Crippen molar-refractivity contribution in [1.29, 1.82) is 0 Å². The molecule has 4 aromatic rings. The fourth-order valence-corrected chi connectivity index (χ4v) is 7.10. The lowest BCUT2D eigenvalue weighted by molar-refractivity contribution is -0.140. The summed E-state index contributed by atoms with van der Waals surface area (Å²) in [6.07, 6.45) is 0. The molecular formula is C46H51ClF4N6O9. The van der Waals surface area contributed by atoms with Gasteiger partial charge >= 0.3 is 24.0 Å². The van der Waals surface area contributed by atoms with Crippen molar-refractivity contribution in [3.8, 4) is 0 Å². The van der Waals surface area contributed by atoms with Gasteiger partial charge in [-0.3, -0.25) is 19.5 Å². The summed E-state index contributed by atoms with van der Waals surface area (Å²) < 4.78 is 75.9. The number of carbonyl (C=O) groups excluding carboxylic acids is 5. The number of rotatable bonds is 9. The Balaban J connectivity index is 0.000000222. The fraction of sp³-hybridized carbons (Fsp3) is 0.370. The van der Waals surface area contributed by atoms with E-state index in [1.165, 1.54) is 84.7 Å². The number of ketones is 1. The molecule has 4 heterocycles. The van der Waals surface area contributed by atoms with E-state index in [1.807, 2.05) is 0 Å². The monoisotopic (exact) mass is 942 g/mol. The summed E-state index contributed by atoms with van der Waals surface area (Å²) in [5.41, 5.74) is 1.24. The number of methoxy groups -OCH3 is 2. The topological polar surface area (TPSA) is 150 Å². The smallest absolute Gasteiger partial charge is 0.337 e. The van der Waals surface area contributed by atoms with E-state index < -0.39 is 35.2 Å². The number of piperazine rings is 2. The van der Waals surface area contributed by atoms with E-state index in [1.54, 1.807) is 21.9 Å². The molecule has 8 rings (SSSR count). The predicted molar refractivity (Wildman–Crippen MR) is 237 cm³/mol. The number of hydrogen-bond donors (Lipinski definition) is 1. The highest BCUT2D eigenvalue weighted by Crippen LogP contribution is 2.25. The molecule has 15 nitrogen and oxygen atoms in total. The van der Waals surface area contributed by atoms with Crippen LogP contribution in [0.25, 0.3) is 0 Å². The molecule has 66 heavy (non-hydrogen) atoms. The van der Waals surface area contributed by atoms with Crippen LogP contribution < -0.4 is 15.1 Å². The quantitative estimate of drug-likeness (QED) is 0.163. The van der Waals surface area contributed by atoms with E-state index in [2.05, 4.69) is 24.4 Å². The molecule has 0 atom stereocenters. The molecule has 4 aliphatic heterocycles. The first-order valence-corrected chi connectivity index (χ1v) is 20.8. The predicted octanol–water partition coefficient (Wildman–Crippen LogP) is 5.69. The van der Waals surface area contributed by atoms with Gasteiger partial charge in [-0.1, -0.05) is 24.3 Å². The van der Waals surface area contributed by atoms with Gasteiger partial charge in [-0.05, 0) is 60.7 Å². The number of carbonyl (C=O) groups is 5. The van der Waals surface area contributed by atoms with Crippen molar-refractivity contribution in [3.05, 3.63) is 130 Å². The Kier molecular flexibility index (Phi) is 18.8. The molecule has 0 bridgehead atoms. The minimum atomic E-state index is -0.650. The summed E-state index contributed by atoms with van der Waals surface area (Å²) in [5.74, 6) is -3.35. The van der Waals surface area contributed by atoms with Crippen LogP contribution in [0.3, 0.4) is 0 Å². The third kappa shape index (κ3) is 13.5. The molecular weight excluding hydrogens is 892 g/mol. The minimum absolute atomic E-state index is 0. The Morgan fingerprint density at radius 2 is 1.08 bits per heavy atom. The Morgan fingerprint density at radius 1 is 0.636 bits per heavy atom. The van der Waals surface area contributed by atoms with Gasteiger partial charge in [0, 0.05) is 74.9 Å². The number of benzene rings is 4. The van der Waals surface area contributed by atoms with Crippen LogP contribution in [-0.4, -0.2) is 144 Å². The van der Waals surface area contributed by atoms with Crippen LogP contribution in [0.4, 0.5) is 38.5 Å². The van der Waals surface area contributed by atoms with E-state index in [9.17, 15) is 41.5 Å². The van der Waals surface area contributed by atoms with Gasteiger partial charge in [0.25, 0.3) is 0 Å². The van der Waals surface area contributed by atoms with Gasteiger partial charge in [0.1, 0.15) is 36.5 Å². The average Bonchev–Trinajstić information content (AvgIpc) is 3.29. The standard InChI is InChI=1S/C23H25F2N3O4.C20H21F2N3O3.C3H4O2.ClH/c1-31-22(29)16-5-6-17(21(25)11-16)13-28(19-4-2-3-18(24)12-19)23(30)27-9-7-26(8-10-27)20-14-32-15-20;1-28-19(26)14-5-6-15(18(22)11-14)13-25(17-4-2-3-16(21)12-17)20(27)24-9-7-23-8-10-24;4-3-1-5-2-3;/h2-6,11-12,20H,7-10,13-15H2,1H3;2-6,11-12,23H,7-10,13H2,1H3;1-2H2;1H. The fourth-order valence-electron chi connectivity index (χ4n) is 7.10. The van der Waals surface area contributed by atoms with Gasteiger partial charge in [0.2, 0.25) is 0 Å². The molecule has 354 valence electrons.